The van der Waals surface area contributed by atoms with Gasteiger partial charge < -0.3 is 14.5 Å². The van der Waals surface area contributed by atoms with Crippen molar-refractivity contribution in [2.24, 2.45) is 0 Å². The molecule has 2 saturated heterocycles. The minimum atomic E-state index is 0.528. The summed E-state index contributed by atoms with van der Waals surface area (Å²) in [6.45, 7) is 5.06. The van der Waals surface area contributed by atoms with Crippen molar-refractivity contribution < 1.29 is 4.74 Å². The first-order valence-corrected chi connectivity index (χ1v) is 8.39. The number of nitrogens with zero attached hydrogens (tertiary/aromatic N) is 2. The van der Waals surface area contributed by atoms with E-state index in [1.165, 1.54) is 77.5 Å². The number of rotatable bonds is 5. The molecular formula is C16H30N2O. The molecule has 0 aromatic heterocycles. The normalized spacial score (nSPS) is 34.6. The van der Waals surface area contributed by atoms with Crippen LogP contribution in [0.2, 0.25) is 0 Å². The molecule has 3 heteroatoms. The minimum Gasteiger partial charge on any atom is -0.374 e. The molecule has 2 heterocycles. The second-order valence-corrected chi connectivity index (χ2v) is 6.82. The van der Waals surface area contributed by atoms with Gasteiger partial charge in [0.05, 0.1) is 12.2 Å². The first kappa shape index (κ1) is 13.8. The van der Waals surface area contributed by atoms with E-state index >= 15 is 0 Å². The van der Waals surface area contributed by atoms with Gasteiger partial charge in [0.25, 0.3) is 0 Å². The predicted molar refractivity (Wildman–Crippen MR) is 78.5 cm³/mol. The van der Waals surface area contributed by atoms with E-state index in [0.29, 0.717) is 12.2 Å². The molecule has 3 aliphatic rings. The van der Waals surface area contributed by atoms with Gasteiger partial charge in [-0.2, -0.15) is 0 Å². The number of hydrogen-bond donors (Lipinski definition) is 0. The zero-order valence-corrected chi connectivity index (χ0v) is 12.5. The van der Waals surface area contributed by atoms with Crippen LogP contribution < -0.4 is 0 Å². The molecule has 3 fully saturated rings. The highest BCUT2D eigenvalue weighted by atomic mass is 16.5. The lowest BCUT2D eigenvalue weighted by Gasteiger charge is -2.37. The third-order valence-electron chi connectivity index (χ3n) is 5.35. The molecule has 1 saturated carbocycles. The van der Waals surface area contributed by atoms with Crippen LogP contribution in [0.5, 0.6) is 0 Å². The van der Waals surface area contributed by atoms with Crippen LogP contribution in [0.3, 0.4) is 0 Å². The van der Waals surface area contributed by atoms with Gasteiger partial charge in [-0.3, -0.25) is 0 Å². The van der Waals surface area contributed by atoms with Crippen LogP contribution >= 0.6 is 0 Å². The van der Waals surface area contributed by atoms with Gasteiger partial charge >= 0.3 is 0 Å². The molecule has 0 aromatic rings. The predicted octanol–water partition coefficient (Wildman–Crippen LogP) is 2.50. The Kier molecular flexibility index (Phi) is 4.78. The summed E-state index contributed by atoms with van der Waals surface area (Å²) in [4.78, 5) is 5.20. The number of likely N-dealkylation sites (tertiary alicyclic amines) is 2. The van der Waals surface area contributed by atoms with Crippen molar-refractivity contribution in [2.75, 3.05) is 33.2 Å². The van der Waals surface area contributed by atoms with E-state index in [4.69, 9.17) is 4.74 Å². The SMILES string of the molecule is CN1CCCC1CCN1CCCC(OC2CCC2)C1. The lowest BCUT2D eigenvalue weighted by atomic mass is 9.95. The molecule has 0 amide bonds. The van der Waals surface area contributed by atoms with E-state index < -0.39 is 0 Å². The van der Waals surface area contributed by atoms with Crippen LogP contribution in [0, 0.1) is 0 Å². The van der Waals surface area contributed by atoms with Crippen molar-refractivity contribution in [1.82, 2.24) is 9.80 Å². The number of piperidine rings is 1. The topological polar surface area (TPSA) is 15.7 Å². The smallest absolute Gasteiger partial charge is 0.0706 e. The molecule has 0 radical (unpaired) electrons. The Labute approximate surface area is 118 Å². The van der Waals surface area contributed by atoms with Gasteiger partial charge in [0, 0.05) is 12.6 Å². The largest absolute Gasteiger partial charge is 0.374 e. The average Bonchev–Trinajstić information content (AvgIpc) is 2.78. The van der Waals surface area contributed by atoms with E-state index in [2.05, 4.69) is 16.8 Å². The molecule has 2 aliphatic heterocycles. The molecule has 2 atom stereocenters. The van der Waals surface area contributed by atoms with Crippen molar-refractivity contribution in [3.8, 4) is 0 Å². The van der Waals surface area contributed by atoms with Gasteiger partial charge in [-0.1, -0.05) is 0 Å². The fourth-order valence-corrected chi connectivity index (χ4v) is 3.78. The molecule has 110 valence electrons. The van der Waals surface area contributed by atoms with Crippen LogP contribution in [-0.4, -0.2) is 61.3 Å². The third-order valence-corrected chi connectivity index (χ3v) is 5.35. The first-order valence-electron chi connectivity index (χ1n) is 8.39. The summed E-state index contributed by atoms with van der Waals surface area (Å²) in [5.74, 6) is 0. The Morgan fingerprint density at radius 3 is 2.42 bits per heavy atom. The van der Waals surface area contributed by atoms with Gasteiger partial charge in [0.15, 0.2) is 0 Å². The maximum Gasteiger partial charge on any atom is 0.0706 e. The van der Waals surface area contributed by atoms with E-state index in [1.807, 2.05) is 0 Å². The second kappa shape index (κ2) is 6.55. The highest BCUT2D eigenvalue weighted by Crippen LogP contribution is 2.26. The summed E-state index contributed by atoms with van der Waals surface area (Å²) in [5, 5.41) is 0. The summed E-state index contributed by atoms with van der Waals surface area (Å²) >= 11 is 0. The van der Waals surface area contributed by atoms with Crippen molar-refractivity contribution >= 4 is 0 Å². The Morgan fingerprint density at radius 2 is 1.74 bits per heavy atom. The Balaban J connectivity index is 1.38. The monoisotopic (exact) mass is 266 g/mol. The van der Waals surface area contributed by atoms with Crippen LogP contribution in [0.15, 0.2) is 0 Å². The molecule has 3 nitrogen and oxygen atoms in total. The molecule has 1 aliphatic carbocycles. The lowest BCUT2D eigenvalue weighted by molar-refractivity contribution is -0.0780. The van der Waals surface area contributed by atoms with Crippen LogP contribution in [0.25, 0.3) is 0 Å². The van der Waals surface area contributed by atoms with Crippen molar-refractivity contribution in [1.29, 1.82) is 0 Å². The van der Waals surface area contributed by atoms with E-state index in [0.717, 1.165) is 6.04 Å². The maximum absolute atomic E-state index is 6.20. The Morgan fingerprint density at radius 1 is 0.947 bits per heavy atom. The average molecular weight is 266 g/mol. The van der Waals surface area contributed by atoms with Gasteiger partial charge in [0.1, 0.15) is 0 Å². The summed E-state index contributed by atoms with van der Waals surface area (Å²) < 4.78 is 6.20. The second-order valence-electron chi connectivity index (χ2n) is 6.82. The quantitative estimate of drug-likeness (QED) is 0.760. The fourth-order valence-electron chi connectivity index (χ4n) is 3.78. The Hall–Kier alpha value is -0.120. The molecule has 0 N–H and O–H groups in total. The van der Waals surface area contributed by atoms with E-state index in [-0.39, 0.29) is 0 Å². The number of ether oxygens (including phenoxy) is 1. The molecule has 3 rings (SSSR count). The summed E-state index contributed by atoms with van der Waals surface area (Å²) in [7, 11) is 2.29. The summed E-state index contributed by atoms with van der Waals surface area (Å²) in [6.07, 6.45) is 11.9. The summed E-state index contributed by atoms with van der Waals surface area (Å²) in [6, 6.07) is 0.841. The third kappa shape index (κ3) is 3.71. The van der Waals surface area contributed by atoms with Gasteiger partial charge in [-0.15, -0.1) is 0 Å². The molecule has 0 spiro atoms. The Bertz CT molecular complexity index is 280. The van der Waals surface area contributed by atoms with Crippen molar-refractivity contribution in [3.63, 3.8) is 0 Å². The molecular weight excluding hydrogens is 236 g/mol. The van der Waals surface area contributed by atoms with Crippen LogP contribution in [0.4, 0.5) is 0 Å². The number of hydrogen-bond acceptors (Lipinski definition) is 3. The van der Waals surface area contributed by atoms with Crippen LogP contribution in [0.1, 0.15) is 51.4 Å². The van der Waals surface area contributed by atoms with Gasteiger partial charge in [0.2, 0.25) is 0 Å². The zero-order valence-electron chi connectivity index (χ0n) is 12.5. The standard InChI is InChI=1S/C16H30N2O/c1-17-10-3-5-14(17)9-12-18-11-4-8-16(13-18)19-15-6-2-7-15/h14-16H,2-13H2,1H3. The highest BCUT2D eigenvalue weighted by Gasteiger charge is 2.27. The van der Waals surface area contributed by atoms with E-state index in [1.54, 1.807) is 0 Å². The lowest BCUT2D eigenvalue weighted by Crippen LogP contribution is -2.43. The maximum atomic E-state index is 6.20. The molecule has 0 bridgehead atoms. The van der Waals surface area contributed by atoms with E-state index in [9.17, 15) is 0 Å². The van der Waals surface area contributed by atoms with Crippen molar-refractivity contribution in [2.45, 2.75) is 69.6 Å². The molecule has 0 aromatic carbocycles. The minimum absolute atomic E-state index is 0.528. The fraction of sp³-hybridized carbons (Fsp3) is 1.00. The highest BCUT2D eigenvalue weighted by molar-refractivity contribution is 4.81. The molecule has 2 unspecified atom stereocenters. The summed E-state index contributed by atoms with van der Waals surface area (Å²) in [5.41, 5.74) is 0. The van der Waals surface area contributed by atoms with Gasteiger partial charge in [-0.05, 0) is 78.0 Å². The van der Waals surface area contributed by atoms with Gasteiger partial charge in [-0.25, -0.2) is 0 Å². The zero-order chi connectivity index (χ0) is 13.1. The van der Waals surface area contributed by atoms with Crippen molar-refractivity contribution in [3.05, 3.63) is 0 Å². The van der Waals surface area contributed by atoms with Crippen LogP contribution in [-0.2, 0) is 4.74 Å². The molecule has 19 heavy (non-hydrogen) atoms. The first-order chi connectivity index (χ1) is 9.31.